The van der Waals surface area contributed by atoms with Gasteiger partial charge in [-0.3, -0.25) is 0 Å². The molecule has 0 N–H and O–H groups in total. The van der Waals surface area contributed by atoms with Crippen LogP contribution in [0.1, 0.15) is 6.42 Å². The molecule has 2 heterocycles. The third-order valence-electron chi connectivity index (χ3n) is 2.22. The van der Waals surface area contributed by atoms with Crippen LogP contribution in [0.4, 0.5) is 0 Å². The predicted molar refractivity (Wildman–Crippen MR) is 34.9 cm³/mol. The third kappa shape index (κ3) is 0.856. The molecular formula is C7H12O3. The van der Waals surface area contributed by atoms with E-state index in [0.29, 0.717) is 12.7 Å². The molecular weight excluding hydrogens is 132 g/mol. The summed E-state index contributed by atoms with van der Waals surface area (Å²) in [7, 11) is 1.71. The highest BCUT2D eigenvalue weighted by Crippen LogP contribution is 2.27. The normalized spacial score (nSPS) is 45.9. The maximum atomic E-state index is 5.43. The maximum Gasteiger partial charge on any atom is 0.112 e. The second-order valence-corrected chi connectivity index (χ2v) is 2.77. The number of methoxy groups -OCH3 is 1. The number of fused-ring (bicyclic) bond motifs is 1. The van der Waals surface area contributed by atoms with E-state index in [2.05, 4.69) is 0 Å². The minimum atomic E-state index is 0.174. The molecule has 58 valence electrons. The van der Waals surface area contributed by atoms with Crippen LogP contribution in [0.5, 0.6) is 0 Å². The standard InChI is InChI=1S/C7H12O3/c1-8-6-4-10-5-2-3-9-7(5)6/h5-7H,2-4H2,1H3/t5-,6+,7+/m0/s1. The summed E-state index contributed by atoms with van der Waals surface area (Å²) in [6.07, 6.45) is 1.73. The molecule has 2 aliphatic heterocycles. The van der Waals surface area contributed by atoms with Crippen molar-refractivity contribution in [2.45, 2.75) is 24.7 Å². The highest BCUT2D eigenvalue weighted by Gasteiger charge is 2.41. The lowest BCUT2D eigenvalue weighted by Crippen LogP contribution is -2.28. The van der Waals surface area contributed by atoms with Crippen LogP contribution >= 0.6 is 0 Å². The summed E-state index contributed by atoms with van der Waals surface area (Å²) in [5.41, 5.74) is 0. The molecule has 2 fully saturated rings. The van der Waals surface area contributed by atoms with Crippen molar-refractivity contribution in [2.24, 2.45) is 0 Å². The zero-order valence-corrected chi connectivity index (χ0v) is 6.08. The first-order chi connectivity index (χ1) is 4.92. The van der Waals surface area contributed by atoms with Gasteiger partial charge in [0.2, 0.25) is 0 Å². The second-order valence-electron chi connectivity index (χ2n) is 2.77. The molecule has 0 aromatic heterocycles. The Kier molecular flexibility index (Phi) is 1.64. The van der Waals surface area contributed by atoms with Gasteiger partial charge >= 0.3 is 0 Å². The summed E-state index contributed by atoms with van der Waals surface area (Å²) >= 11 is 0. The monoisotopic (exact) mass is 144 g/mol. The van der Waals surface area contributed by atoms with Crippen LogP contribution in [0.2, 0.25) is 0 Å². The number of ether oxygens (including phenoxy) is 3. The average molecular weight is 144 g/mol. The van der Waals surface area contributed by atoms with E-state index in [9.17, 15) is 0 Å². The lowest BCUT2D eigenvalue weighted by molar-refractivity contribution is -0.00727. The highest BCUT2D eigenvalue weighted by molar-refractivity contribution is 4.89. The summed E-state index contributed by atoms with van der Waals surface area (Å²) in [6.45, 7) is 1.53. The van der Waals surface area contributed by atoms with Crippen LogP contribution in [0, 0.1) is 0 Å². The molecule has 2 rings (SSSR count). The van der Waals surface area contributed by atoms with Gasteiger partial charge in [0, 0.05) is 13.7 Å². The SMILES string of the molecule is CO[C@@H]1CO[C@H]2CCO[C@H]21. The Morgan fingerprint density at radius 3 is 3.10 bits per heavy atom. The fourth-order valence-electron chi connectivity index (χ4n) is 1.63. The van der Waals surface area contributed by atoms with Gasteiger partial charge in [-0.2, -0.15) is 0 Å². The van der Waals surface area contributed by atoms with E-state index in [-0.39, 0.29) is 12.2 Å². The van der Waals surface area contributed by atoms with Gasteiger partial charge in [-0.1, -0.05) is 0 Å². The molecule has 0 bridgehead atoms. The van der Waals surface area contributed by atoms with E-state index in [4.69, 9.17) is 14.2 Å². The first kappa shape index (κ1) is 6.58. The van der Waals surface area contributed by atoms with Gasteiger partial charge in [0.25, 0.3) is 0 Å². The van der Waals surface area contributed by atoms with Crippen molar-refractivity contribution in [3.8, 4) is 0 Å². The fraction of sp³-hybridized carbons (Fsp3) is 1.00. The average Bonchev–Trinajstić information content (AvgIpc) is 2.44. The van der Waals surface area contributed by atoms with Crippen LogP contribution in [0.25, 0.3) is 0 Å². The molecule has 3 atom stereocenters. The molecule has 0 aliphatic carbocycles. The van der Waals surface area contributed by atoms with Crippen molar-refractivity contribution in [3.63, 3.8) is 0 Å². The smallest absolute Gasteiger partial charge is 0.112 e. The Morgan fingerprint density at radius 1 is 1.40 bits per heavy atom. The molecule has 0 unspecified atom stereocenters. The number of rotatable bonds is 1. The van der Waals surface area contributed by atoms with Crippen molar-refractivity contribution in [2.75, 3.05) is 20.3 Å². The van der Waals surface area contributed by atoms with E-state index in [1.807, 2.05) is 0 Å². The fourth-order valence-corrected chi connectivity index (χ4v) is 1.63. The molecule has 2 saturated heterocycles. The Labute approximate surface area is 60.3 Å². The van der Waals surface area contributed by atoms with Crippen molar-refractivity contribution >= 4 is 0 Å². The largest absolute Gasteiger partial charge is 0.376 e. The quantitative estimate of drug-likeness (QED) is 0.525. The zero-order valence-electron chi connectivity index (χ0n) is 6.08. The van der Waals surface area contributed by atoms with Crippen LogP contribution in [0.15, 0.2) is 0 Å². The Hall–Kier alpha value is -0.120. The molecule has 0 aromatic carbocycles. The molecule has 0 radical (unpaired) electrons. The summed E-state index contributed by atoms with van der Waals surface area (Å²) in [4.78, 5) is 0. The lowest BCUT2D eigenvalue weighted by atomic mass is 10.1. The summed E-state index contributed by atoms with van der Waals surface area (Å²) in [6, 6.07) is 0. The van der Waals surface area contributed by atoms with Gasteiger partial charge in [0.1, 0.15) is 12.2 Å². The Bertz CT molecular complexity index is 126. The van der Waals surface area contributed by atoms with E-state index < -0.39 is 0 Å². The van der Waals surface area contributed by atoms with Crippen LogP contribution in [-0.2, 0) is 14.2 Å². The molecule has 0 saturated carbocycles. The van der Waals surface area contributed by atoms with Crippen LogP contribution < -0.4 is 0 Å². The van der Waals surface area contributed by atoms with Gasteiger partial charge in [-0.15, -0.1) is 0 Å². The zero-order chi connectivity index (χ0) is 6.97. The minimum Gasteiger partial charge on any atom is -0.376 e. The predicted octanol–water partition coefficient (Wildman–Crippen LogP) is 0.189. The number of hydrogen-bond acceptors (Lipinski definition) is 3. The van der Waals surface area contributed by atoms with E-state index in [0.717, 1.165) is 13.0 Å². The summed E-state index contributed by atoms with van der Waals surface area (Å²) in [5.74, 6) is 0. The molecule has 3 nitrogen and oxygen atoms in total. The van der Waals surface area contributed by atoms with Crippen LogP contribution in [0.3, 0.4) is 0 Å². The number of hydrogen-bond donors (Lipinski definition) is 0. The van der Waals surface area contributed by atoms with E-state index >= 15 is 0 Å². The van der Waals surface area contributed by atoms with Gasteiger partial charge < -0.3 is 14.2 Å². The first-order valence-corrected chi connectivity index (χ1v) is 3.68. The molecule has 2 aliphatic rings. The highest BCUT2D eigenvalue weighted by atomic mass is 16.6. The molecule has 3 heteroatoms. The van der Waals surface area contributed by atoms with E-state index in [1.54, 1.807) is 7.11 Å². The molecule has 0 aromatic rings. The van der Waals surface area contributed by atoms with Crippen molar-refractivity contribution in [1.29, 1.82) is 0 Å². The van der Waals surface area contributed by atoms with Gasteiger partial charge in [0.05, 0.1) is 12.7 Å². The Morgan fingerprint density at radius 2 is 2.30 bits per heavy atom. The first-order valence-electron chi connectivity index (χ1n) is 3.68. The van der Waals surface area contributed by atoms with E-state index in [1.165, 1.54) is 0 Å². The summed E-state index contributed by atoms with van der Waals surface area (Å²) in [5, 5.41) is 0. The van der Waals surface area contributed by atoms with Crippen molar-refractivity contribution < 1.29 is 14.2 Å². The lowest BCUT2D eigenvalue weighted by Gasteiger charge is -2.12. The second kappa shape index (κ2) is 2.49. The molecule has 0 amide bonds. The topological polar surface area (TPSA) is 27.7 Å². The van der Waals surface area contributed by atoms with Crippen molar-refractivity contribution in [3.05, 3.63) is 0 Å². The maximum absolute atomic E-state index is 5.43. The van der Waals surface area contributed by atoms with Crippen LogP contribution in [-0.4, -0.2) is 38.6 Å². The molecule has 10 heavy (non-hydrogen) atoms. The van der Waals surface area contributed by atoms with Gasteiger partial charge in [-0.05, 0) is 6.42 Å². The Balaban J connectivity index is 2.01. The van der Waals surface area contributed by atoms with Gasteiger partial charge in [0.15, 0.2) is 0 Å². The molecule has 0 spiro atoms. The summed E-state index contributed by atoms with van der Waals surface area (Å²) < 4.78 is 16.0. The third-order valence-corrected chi connectivity index (χ3v) is 2.22. The van der Waals surface area contributed by atoms with Gasteiger partial charge in [-0.25, -0.2) is 0 Å². The minimum absolute atomic E-state index is 0.174. The van der Waals surface area contributed by atoms with Crippen molar-refractivity contribution in [1.82, 2.24) is 0 Å².